The molecule has 0 aromatic carbocycles. The van der Waals surface area contributed by atoms with E-state index in [0.29, 0.717) is 0 Å². The minimum atomic E-state index is -2.61. The predicted molar refractivity (Wildman–Crippen MR) is 63.8 cm³/mol. The number of carbonyl (C=O) groups is 5. The molecule has 0 aromatic heterocycles. The highest BCUT2D eigenvalue weighted by Gasteiger charge is 2.43. The summed E-state index contributed by atoms with van der Waals surface area (Å²) in [6.07, 6.45) is -3.69. The monoisotopic (exact) mass is 318 g/mol. The summed E-state index contributed by atoms with van der Waals surface area (Å²) in [7, 11) is 0. The van der Waals surface area contributed by atoms with Gasteiger partial charge in [-0.2, -0.15) is 0 Å². The number of carbonyl (C=O) groups excluding carboxylic acids is 4. The van der Waals surface area contributed by atoms with Crippen molar-refractivity contribution in [3.05, 3.63) is 0 Å². The van der Waals surface area contributed by atoms with Gasteiger partial charge in [0, 0.05) is 6.42 Å². The Morgan fingerprint density at radius 3 is 2.55 bits per heavy atom. The minimum absolute atomic E-state index is 0.0131. The lowest BCUT2D eigenvalue weighted by atomic mass is 9.96. The molecule has 2 N–H and O–H groups in total. The highest BCUT2D eigenvalue weighted by Crippen LogP contribution is 2.20. The molecule has 1 rings (SSSR count). The Hall–Kier alpha value is -2.49. The molecule has 0 aromatic rings. The van der Waals surface area contributed by atoms with Gasteiger partial charge in [-0.3, -0.25) is 4.79 Å². The average molecular weight is 318 g/mol. The van der Waals surface area contributed by atoms with E-state index in [1.165, 1.54) is 0 Å². The molecule has 1 fully saturated rings. The fourth-order valence-corrected chi connectivity index (χ4v) is 1.67. The summed E-state index contributed by atoms with van der Waals surface area (Å²) in [6.45, 7) is 0. The van der Waals surface area contributed by atoms with Crippen LogP contribution >= 0.6 is 0 Å². The zero-order valence-electron chi connectivity index (χ0n) is 11.4. The van der Waals surface area contributed by atoms with Crippen molar-refractivity contribution in [3.63, 3.8) is 0 Å². The minimum Gasteiger partial charge on any atom is -0.479 e. The van der Waals surface area contributed by atoms with E-state index in [2.05, 4.69) is 14.5 Å². The van der Waals surface area contributed by atoms with Crippen LogP contribution in [0.3, 0.4) is 0 Å². The molecule has 122 valence electrons. The second-order valence-corrected chi connectivity index (χ2v) is 4.61. The number of esters is 1. The number of aliphatic hydroxyl groups is 1. The van der Waals surface area contributed by atoms with Crippen LogP contribution in [0.25, 0.3) is 0 Å². The molecule has 10 heteroatoms. The van der Waals surface area contributed by atoms with E-state index >= 15 is 0 Å². The summed E-state index contributed by atoms with van der Waals surface area (Å²) in [6, 6.07) is 0. The normalized spacial score (nSPS) is 27.5. The van der Waals surface area contributed by atoms with E-state index in [4.69, 9.17) is 5.11 Å². The Labute approximate surface area is 123 Å². The van der Waals surface area contributed by atoms with Gasteiger partial charge in [-0.25, -0.2) is 24.2 Å². The van der Waals surface area contributed by atoms with E-state index in [1.807, 2.05) is 0 Å². The summed E-state index contributed by atoms with van der Waals surface area (Å²) in [5.41, 5.74) is -2.61. The summed E-state index contributed by atoms with van der Waals surface area (Å²) in [5.74, 6) is -5.16. The van der Waals surface area contributed by atoms with E-state index < -0.39 is 48.4 Å². The summed E-state index contributed by atoms with van der Waals surface area (Å²) in [5, 5.41) is 18.9. The maximum Gasteiger partial charge on any atom is 0.387 e. The molecule has 1 aliphatic rings. The largest absolute Gasteiger partial charge is 0.479 e. The van der Waals surface area contributed by atoms with E-state index in [1.54, 1.807) is 0 Å². The number of aldehydes is 1. The fourth-order valence-electron chi connectivity index (χ4n) is 1.67. The van der Waals surface area contributed by atoms with Crippen LogP contribution in [0.4, 0.5) is 0 Å². The highest BCUT2D eigenvalue weighted by molar-refractivity contribution is 5.89. The number of aliphatic carboxylic acids is 1. The van der Waals surface area contributed by atoms with Crippen LogP contribution in [0.5, 0.6) is 0 Å². The summed E-state index contributed by atoms with van der Waals surface area (Å²) >= 11 is 0. The van der Waals surface area contributed by atoms with Gasteiger partial charge in [0.2, 0.25) is 0 Å². The Morgan fingerprint density at radius 1 is 1.27 bits per heavy atom. The van der Waals surface area contributed by atoms with Crippen LogP contribution in [0.15, 0.2) is 0 Å². The third-order valence-corrected chi connectivity index (χ3v) is 2.84. The molecule has 0 radical (unpaired) electrons. The lowest BCUT2D eigenvalue weighted by Crippen LogP contribution is -2.44. The third-order valence-electron chi connectivity index (χ3n) is 2.84. The SMILES string of the molecule is O=CCC1(O)CC(=O)OC(C(=O)O)CCCC(=O)OOC1=O. The molecule has 10 nitrogen and oxygen atoms in total. The maximum atomic E-state index is 11.6. The Balaban J connectivity index is 2.97. The van der Waals surface area contributed by atoms with Crippen molar-refractivity contribution in [2.24, 2.45) is 0 Å². The molecule has 0 spiro atoms. The Kier molecular flexibility index (Phi) is 5.99. The summed E-state index contributed by atoms with van der Waals surface area (Å²) in [4.78, 5) is 64.2. The number of ether oxygens (including phenoxy) is 1. The van der Waals surface area contributed by atoms with Crippen molar-refractivity contribution in [2.75, 3.05) is 0 Å². The Bertz CT molecular complexity index is 484. The third kappa shape index (κ3) is 4.81. The van der Waals surface area contributed by atoms with E-state index in [-0.39, 0.29) is 25.5 Å². The van der Waals surface area contributed by atoms with Crippen molar-refractivity contribution >= 4 is 30.2 Å². The molecule has 1 saturated heterocycles. The van der Waals surface area contributed by atoms with Gasteiger partial charge in [0.25, 0.3) is 0 Å². The van der Waals surface area contributed by atoms with Gasteiger partial charge in [0.15, 0.2) is 11.7 Å². The molecule has 0 aliphatic carbocycles. The topological polar surface area (TPSA) is 154 Å². The number of rotatable bonds is 3. The van der Waals surface area contributed by atoms with Gasteiger partial charge in [-0.15, -0.1) is 0 Å². The average Bonchev–Trinajstić information content (AvgIpc) is 2.42. The number of carboxylic acid groups (broad SMARTS) is 1. The fraction of sp³-hybridized carbons (Fsp3) is 0.583. The molecule has 1 heterocycles. The molecule has 0 bridgehead atoms. The van der Waals surface area contributed by atoms with Crippen LogP contribution in [-0.4, -0.2) is 52.1 Å². The van der Waals surface area contributed by atoms with Crippen LogP contribution in [0, 0.1) is 0 Å². The molecule has 1 aliphatic heterocycles. The first-order chi connectivity index (χ1) is 10.3. The van der Waals surface area contributed by atoms with Gasteiger partial charge in [0.05, 0.1) is 12.8 Å². The van der Waals surface area contributed by atoms with Gasteiger partial charge in [0.1, 0.15) is 6.29 Å². The van der Waals surface area contributed by atoms with E-state index in [9.17, 15) is 29.1 Å². The first-order valence-corrected chi connectivity index (χ1v) is 6.28. The van der Waals surface area contributed by atoms with Crippen LogP contribution in [-0.2, 0) is 38.5 Å². The standard InChI is InChI=1S/C12H14O10/c13-5-4-12(19)6-9(15)20-7(10(16)17)2-1-3-8(14)21-22-11(12)18/h5,7,19H,1-4,6H2,(H,16,17). The summed E-state index contributed by atoms with van der Waals surface area (Å²) < 4.78 is 4.64. The van der Waals surface area contributed by atoms with Crippen LogP contribution < -0.4 is 0 Å². The first kappa shape index (κ1) is 17.6. The predicted octanol–water partition coefficient (Wildman–Crippen LogP) is -1.12. The Morgan fingerprint density at radius 2 is 1.95 bits per heavy atom. The van der Waals surface area contributed by atoms with Crippen molar-refractivity contribution in [1.29, 1.82) is 0 Å². The van der Waals surface area contributed by atoms with Crippen molar-refractivity contribution in [3.8, 4) is 0 Å². The molecule has 0 amide bonds. The second-order valence-electron chi connectivity index (χ2n) is 4.61. The zero-order chi connectivity index (χ0) is 16.8. The highest BCUT2D eigenvalue weighted by atomic mass is 17.2. The van der Waals surface area contributed by atoms with Gasteiger partial charge < -0.3 is 19.7 Å². The number of carboxylic acids is 1. The van der Waals surface area contributed by atoms with E-state index in [0.717, 1.165) is 0 Å². The molecular weight excluding hydrogens is 304 g/mol. The zero-order valence-corrected chi connectivity index (χ0v) is 11.4. The first-order valence-electron chi connectivity index (χ1n) is 6.28. The smallest absolute Gasteiger partial charge is 0.387 e. The molecule has 0 saturated carbocycles. The lowest BCUT2D eigenvalue weighted by Gasteiger charge is -2.23. The number of cyclic esters (lactones) is 1. The maximum absolute atomic E-state index is 11.6. The lowest BCUT2D eigenvalue weighted by molar-refractivity contribution is -0.271. The molecule has 2 atom stereocenters. The van der Waals surface area contributed by atoms with Crippen molar-refractivity contribution < 1.29 is 48.7 Å². The second kappa shape index (κ2) is 7.50. The van der Waals surface area contributed by atoms with Gasteiger partial charge in [-0.1, -0.05) is 0 Å². The van der Waals surface area contributed by atoms with Gasteiger partial charge in [-0.05, 0) is 12.8 Å². The molecule has 2 unspecified atom stereocenters. The van der Waals surface area contributed by atoms with Gasteiger partial charge >= 0.3 is 23.9 Å². The molecule has 22 heavy (non-hydrogen) atoms. The van der Waals surface area contributed by atoms with Crippen LogP contribution in [0.2, 0.25) is 0 Å². The van der Waals surface area contributed by atoms with Crippen molar-refractivity contribution in [2.45, 2.75) is 43.8 Å². The molecular formula is C12H14O10. The number of hydrogen-bond acceptors (Lipinski definition) is 9. The quantitative estimate of drug-likeness (QED) is 0.371. The van der Waals surface area contributed by atoms with Crippen LogP contribution in [0.1, 0.15) is 32.1 Å². The van der Waals surface area contributed by atoms with Crippen molar-refractivity contribution in [1.82, 2.24) is 0 Å². The number of hydrogen-bond donors (Lipinski definition) is 2.